The highest BCUT2D eigenvalue weighted by Crippen LogP contribution is 2.15. The van der Waals surface area contributed by atoms with Crippen molar-refractivity contribution in [2.75, 3.05) is 30.9 Å². The Hall–Kier alpha value is -3.02. The molecule has 24 heavy (non-hydrogen) atoms. The Morgan fingerprint density at radius 1 is 0.958 bits per heavy atom. The Morgan fingerprint density at radius 2 is 1.58 bits per heavy atom. The fourth-order valence-corrected chi connectivity index (χ4v) is 2.00. The standard InChI is InChI=1S/C18H20N2O4/c1-3-24-18(22)13-4-6-15(7-5-13)20-17(21)12-19-14-8-10-16(23-2)11-9-14/h4-11,19H,3,12H2,1-2H3,(H,20,21). The Kier molecular flexibility index (Phi) is 6.19. The molecule has 0 aliphatic heterocycles. The van der Waals surface area contributed by atoms with Crippen LogP contribution in [0.2, 0.25) is 0 Å². The molecule has 0 fully saturated rings. The molecule has 0 bridgehead atoms. The van der Waals surface area contributed by atoms with Crippen LogP contribution in [0, 0.1) is 0 Å². The zero-order chi connectivity index (χ0) is 17.4. The molecule has 0 saturated heterocycles. The minimum Gasteiger partial charge on any atom is -0.497 e. The topological polar surface area (TPSA) is 76.7 Å². The van der Waals surface area contributed by atoms with Gasteiger partial charge in [0.15, 0.2) is 0 Å². The van der Waals surface area contributed by atoms with Gasteiger partial charge in [-0.05, 0) is 55.5 Å². The van der Waals surface area contributed by atoms with Gasteiger partial charge in [-0.15, -0.1) is 0 Å². The summed E-state index contributed by atoms with van der Waals surface area (Å²) in [6.07, 6.45) is 0. The molecule has 0 aliphatic carbocycles. The molecule has 2 rings (SSSR count). The van der Waals surface area contributed by atoms with Crippen molar-refractivity contribution in [3.05, 3.63) is 54.1 Å². The minimum absolute atomic E-state index is 0.131. The molecule has 0 aliphatic rings. The molecule has 6 heteroatoms. The molecule has 0 spiro atoms. The molecular weight excluding hydrogens is 308 g/mol. The predicted octanol–water partition coefficient (Wildman–Crippen LogP) is 2.92. The van der Waals surface area contributed by atoms with Crippen molar-refractivity contribution < 1.29 is 19.1 Å². The number of rotatable bonds is 7. The quantitative estimate of drug-likeness (QED) is 0.764. The smallest absolute Gasteiger partial charge is 0.338 e. The zero-order valence-corrected chi connectivity index (χ0v) is 13.7. The summed E-state index contributed by atoms with van der Waals surface area (Å²) in [5.41, 5.74) is 1.89. The maximum absolute atomic E-state index is 11.9. The first-order valence-corrected chi connectivity index (χ1v) is 7.57. The van der Waals surface area contributed by atoms with E-state index in [1.165, 1.54) is 0 Å². The van der Waals surface area contributed by atoms with Crippen LogP contribution < -0.4 is 15.4 Å². The average molecular weight is 328 g/mol. The van der Waals surface area contributed by atoms with Crippen LogP contribution in [0.5, 0.6) is 5.75 Å². The van der Waals surface area contributed by atoms with E-state index in [9.17, 15) is 9.59 Å². The third-order valence-corrected chi connectivity index (χ3v) is 3.22. The Labute approximate surface area is 140 Å². The fraction of sp³-hybridized carbons (Fsp3) is 0.222. The van der Waals surface area contributed by atoms with Gasteiger partial charge in [-0.2, -0.15) is 0 Å². The molecule has 6 nitrogen and oxygen atoms in total. The Balaban J connectivity index is 1.84. The largest absolute Gasteiger partial charge is 0.497 e. The minimum atomic E-state index is -0.378. The van der Waals surface area contributed by atoms with E-state index in [1.54, 1.807) is 38.3 Å². The molecule has 1 amide bonds. The lowest BCUT2D eigenvalue weighted by atomic mass is 10.2. The molecule has 0 unspecified atom stereocenters. The molecule has 0 heterocycles. The van der Waals surface area contributed by atoms with E-state index in [4.69, 9.17) is 9.47 Å². The Morgan fingerprint density at radius 3 is 2.17 bits per heavy atom. The summed E-state index contributed by atoms with van der Waals surface area (Å²) in [6, 6.07) is 13.9. The van der Waals surface area contributed by atoms with Crippen LogP contribution >= 0.6 is 0 Å². The van der Waals surface area contributed by atoms with Gasteiger partial charge in [0.25, 0.3) is 0 Å². The molecule has 0 radical (unpaired) electrons. The van der Waals surface area contributed by atoms with Crippen LogP contribution in [0.15, 0.2) is 48.5 Å². The maximum atomic E-state index is 11.9. The van der Waals surface area contributed by atoms with E-state index in [2.05, 4.69) is 10.6 Å². The number of benzene rings is 2. The number of methoxy groups -OCH3 is 1. The van der Waals surface area contributed by atoms with Crippen molar-refractivity contribution >= 4 is 23.3 Å². The van der Waals surface area contributed by atoms with Crippen molar-refractivity contribution in [2.45, 2.75) is 6.92 Å². The fourth-order valence-electron chi connectivity index (χ4n) is 2.00. The Bertz CT molecular complexity index is 681. The monoisotopic (exact) mass is 328 g/mol. The second-order valence-corrected chi connectivity index (χ2v) is 4.93. The number of anilines is 2. The molecule has 0 atom stereocenters. The number of amides is 1. The normalized spacial score (nSPS) is 9.92. The third-order valence-electron chi connectivity index (χ3n) is 3.22. The number of esters is 1. The lowest BCUT2D eigenvalue weighted by Gasteiger charge is -2.09. The van der Waals surface area contributed by atoms with Crippen molar-refractivity contribution in [2.24, 2.45) is 0 Å². The van der Waals surface area contributed by atoms with E-state index in [0.29, 0.717) is 17.9 Å². The van der Waals surface area contributed by atoms with Crippen molar-refractivity contribution in [1.82, 2.24) is 0 Å². The van der Waals surface area contributed by atoms with Gasteiger partial charge in [-0.3, -0.25) is 4.79 Å². The first kappa shape index (κ1) is 17.3. The molecular formula is C18H20N2O4. The summed E-state index contributed by atoms with van der Waals surface area (Å²) in [5, 5.41) is 5.78. The highest BCUT2D eigenvalue weighted by atomic mass is 16.5. The number of ether oxygens (including phenoxy) is 2. The van der Waals surface area contributed by atoms with Gasteiger partial charge < -0.3 is 20.1 Å². The van der Waals surface area contributed by atoms with Gasteiger partial charge in [-0.25, -0.2) is 4.79 Å². The second-order valence-electron chi connectivity index (χ2n) is 4.93. The number of hydrogen-bond donors (Lipinski definition) is 2. The average Bonchev–Trinajstić information content (AvgIpc) is 2.61. The van der Waals surface area contributed by atoms with E-state index in [0.717, 1.165) is 11.4 Å². The highest BCUT2D eigenvalue weighted by Gasteiger charge is 2.07. The summed E-state index contributed by atoms with van der Waals surface area (Å²) in [4.78, 5) is 23.5. The molecule has 0 saturated carbocycles. The molecule has 2 aromatic carbocycles. The van der Waals surface area contributed by atoms with Crippen molar-refractivity contribution in [3.63, 3.8) is 0 Å². The van der Waals surface area contributed by atoms with Crippen molar-refractivity contribution in [1.29, 1.82) is 0 Å². The van der Waals surface area contributed by atoms with Gasteiger partial charge in [0.2, 0.25) is 5.91 Å². The SMILES string of the molecule is CCOC(=O)c1ccc(NC(=O)CNc2ccc(OC)cc2)cc1. The van der Waals surface area contributed by atoms with Crippen LogP contribution in [0.1, 0.15) is 17.3 Å². The van der Waals surface area contributed by atoms with Crippen LogP contribution in [0.4, 0.5) is 11.4 Å². The summed E-state index contributed by atoms with van der Waals surface area (Å²) in [6.45, 7) is 2.21. The molecule has 2 aromatic rings. The zero-order valence-electron chi connectivity index (χ0n) is 13.7. The van der Waals surface area contributed by atoms with Gasteiger partial charge in [0.05, 0.1) is 25.8 Å². The molecule has 126 valence electrons. The number of nitrogens with one attached hydrogen (secondary N) is 2. The lowest BCUT2D eigenvalue weighted by Crippen LogP contribution is -2.21. The van der Waals surface area contributed by atoms with E-state index < -0.39 is 0 Å². The number of carbonyl (C=O) groups excluding carboxylic acids is 2. The summed E-state index contributed by atoms with van der Waals surface area (Å²) >= 11 is 0. The van der Waals surface area contributed by atoms with Crippen LogP contribution in [-0.2, 0) is 9.53 Å². The lowest BCUT2D eigenvalue weighted by molar-refractivity contribution is -0.114. The molecule has 2 N–H and O–H groups in total. The number of carbonyl (C=O) groups is 2. The summed E-state index contributed by atoms with van der Waals surface area (Å²) < 4.78 is 9.98. The van der Waals surface area contributed by atoms with E-state index in [1.807, 2.05) is 24.3 Å². The third kappa shape index (κ3) is 5.01. The molecule has 0 aromatic heterocycles. The van der Waals surface area contributed by atoms with E-state index >= 15 is 0 Å². The highest BCUT2D eigenvalue weighted by molar-refractivity contribution is 5.95. The number of hydrogen-bond acceptors (Lipinski definition) is 5. The van der Waals surface area contributed by atoms with Crippen LogP contribution in [0.3, 0.4) is 0 Å². The van der Waals surface area contributed by atoms with E-state index in [-0.39, 0.29) is 18.4 Å². The van der Waals surface area contributed by atoms with Crippen LogP contribution in [0.25, 0.3) is 0 Å². The first-order valence-electron chi connectivity index (χ1n) is 7.57. The summed E-state index contributed by atoms with van der Waals surface area (Å²) in [5.74, 6) is 0.193. The predicted molar refractivity (Wildman–Crippen MR) is 92.5 cm³/mol. The van der Waals surface area contributed by atoms with Gasteiger partial charge in [-0.1, -0.05) is 0 Å². The van der Waals surface area contributed by atoms with Gasteiger partial charge in [0, 0.05) is 11.4 Å². The van der Waals surface area contributed by atoms with Gasteiger partial charge in [0.1, 0.15) is 5.75 Å². The van der Waals surface area contributed by atoms with Crippen molar-refractivity contribution in [3.8, 4) is 5.75 Å². The first-order chi connectivity index (χ1) is 11.6. The maximum Gasteiger partial charge on any atom is 0.338 e. The van der Waals surface area contributed by atoms with Gasteiger partial charge >= 0.3 is 5.97 Å². The summed E-state index contributed by atoms with van der Waals surface area (Å²) in [7, 11) is 1.60. The van der Waals surface area contributed by atoms with Crippen LogP contribution in [-0.4, -0.2) is 32.1 Å². The second kappa shape index (κ2) is 8.57.